The van der Waals surface area contributed by atoms with Crippen molar-refractivity contribution in [1.82, 2.24) is 4.98 Å². The van der Waals surface area contributed by atoms with Crippen LogP contribution in [0.25, 0.3) is 11.1 Å². The molecule has 0 fully saturated rings. The molecule has 0 amide bonds. The van der Waals surface area contributed by atoms with Crippen molar-refractivity contribution >= 4 is 57.7 Å². The molecule has 0 bridgehead atoms. The molecule has 0 spiro atoms. The monoisotopic (exact) mass is 373 g/mol. The first-order chi connectivity index (χ1) is 4.86. The number of aromatic nitrogens is 1. The summed E-state index contributed by atoms with van der Waals surface area (Å²) in [4.78, 5) is 4.13. The van der Waals surface area contributed by atoms with Crippen LogP contribution in [-0.2, 0) is 0 Å². The lowest BCUT2D eigenvalue weighted by Crippen LogP contribution is -1.64. The first kappa shape index (κ1) is 9.24. The molecule has 1 aromatic carbocycles. The summed E-state index contributed by atoms with van der Waals surface area (Å²) < 4.78 is 5.94. The highest BCUT2D eigenvalue weighted by atomic mass is 127. The van der Waals surface area contributed by atoms with Crippen molar-refractivity contribution in [2.24, 2.45) is 0 Å². The van der Waals surface area contributed by atoms with Crippen molar-refractivity contribution in [2.45, 2.75) is 0 Å². The molecule has 1 aromatic heterocycles. The zero-order valence-corrected chi connectivity index (χ0v) is 9.94. The van der Waals surface area contributed by atoms with E-state index in [2.05, 4.69) is 27.6 Å². The van der Waals surface area contributed by atoms with E-state index >= 15 is 0 Å². The third-order valence-corrected chi connectivity index (χ3v) is 1.73. The number of benzene rings is 1. The van der Waals surface area contributed by atoms with Crippen LogP contribution < -0.4 is 0 Å². The molecule has 2 aromatic rings. The zero-order chi connectivity index (χ0) is 6.97. The molecular formula is C7H5I2NO. The van der Waals surface area contributed by atoms with Gasteiger partial charge in [0.1, 0.15) is 5.52 Å². The number of hydrogen-bond acceptors (Lipinski definition) is 2. The summed E-state index contributed by atoms with van der Waals surface area (Å²) in [7, 11) is 0. The second kappa shape index (κ2) is 3.70. The Balaban J connectivity index is 0.000000605. The topological polar surface area (TPSA) is 26.0 Å². The van der Waals surface area contributed by atoms with Crippen LogP contribution >= 0.6 is 46.6 Å². The first-order valence-corrected chi connectivity index (χ1v) is 3.95. The van der Waals surface area contributed by atoms with E-state index in [-0.39, 0.29) is 24.0 Å². The highest BCUT2D eigenvalue weighted by Crippen LogP contribution is 2.15. The molecular weight excluding hydrogens is 368 g/mol. The Morgan fingerprint density at radius 1 is 1.27 bits per heavy atom. The Morgan fingerprint density at radius 2 is 2.00 bits per heavy atom. The Labute approximate surface area is 94.5 Å². The van der Waals surface area contributed by atoms with Crippen LogP contribution in [-0.4, -0.2) is 4.98 Å². The fraction of sp³-hybridized carbons (Fsp3) is 0. The van der Waals surface area contributed by atoms with Gasteiger partial charge in [-0.15, -0.1) is 24.0 Å². The highest BCUT2D eigenvalue weighted by molar-refractivity contribution is 14.1. The molecule has 4 heteroatoms. The van der Waals surface area contributed by atoms with E-state index in [1.54, 1.807) is 0 Å². The molecule has 0 aliphatic heterocycles. The quantitative estimate of drug-likeness (QED) is 0.664. The summed E-state index contributed by atoms with van der Waals surface area (Å²) in [6.45, 7) is 0. The van der Waals surface area contributed by atoms with Crippen molar-refractivity contribution in [3.8, 4) is 0 Å². The molecule has 0 radical (unpaired) electrons. The van der Waals surface area contributed by atoms with Crippen LogP contribution in [0.1, 0.15) is 0 Å². The van der Waals surface area contributed by atoms with Gasteiger partial charge in [0.05, 0.1) is 0 Å². The molecule has 11 heavy (non-hydrogen) atoms. The second-order valence-electron chi connectivity index (χ2n) is 1.93. The minimum atomic E-state index is 0. The standard InChI is InChI=1S/C7H4INO.HI/c8-7-9-5-3-1-2-4-6(5)10-7;/h1-4H;1H. The maximum atomic E-state index is 5.24. The van der Waals surface area contributed by atoms with Crippen LogP contribution in [0.15, 0.2) is 28.7 Å². The van der Waals surface area contributed by atoms with Crippen LogP contribution in [0.4, 0.5) is 0 Å². The number of halogens is 2. The molecule has 0 unspecified atom stereocenters. The predicted molar refractivity (Wildman–Crippen MR) is 62.1 cm³/mol. The summed E-state index contributed by atoms with van der Waals surface area (Å²) in [5.41, 5.74) is 1.78. The Bertz CT molecular complexity index is 325. The van der Waals surface area contributed by atoms with Gasteiger partial charge < -0.3 is 4.42 Å². The average molecular weight is 373 g/mol. The van der Waals surface area contributed by atoms with Gasteiger partial charge in [0.25, 0.3) is 3.90 Å². The van der Waals surface area contributed by atoms with Crippen molar-refractivity contribution in [3.05, 3.63) is 28.2 Å². The summed E-state index contributed by atoms with van der Waals surface area (Å²) >= 11 is 2.06. The van der Waals surface area contributed by atoms with Crippen molar-refractivity contribution in [2.75, 3.05) is 0 Å². The fourth-order valence-corrected chi connectivity index (χ4v) is 1.34. The maximum absolute atomic E-state index is 5.24. The predicted octanol–water partition coefficient (Wildman–Crippen LogP) is 3.05. The summed E-state index contributed by atoms with van der Waals surface area (Å²) in [6.07, 6.45) is 0. The molecule has 0 saturated carbocycles. The number of fused-ring (bicyclic) bond motifs is 1. The van der Waals surface area contributed by atoms with Gasteiger partial charge in [-0.2, -0.15) is 0 Å². The lowest BCUT2D eigenvalue weighted by atomic mass is 10.3. The maximum Gasteiger partial charge on any atom is 0.258 e. The molecule has 1 heterocycles. The number of nitrogens with zero attached hydrogens (tertiary/aromatic N) is 1. The minimum absolute atomic E-state index is 0. The van der Waals surface area contributed by atoms with E-state index in [9.17, 15) is 0 Å². The van der Waals surface area contributed by atoms with Gasteiger partial charge in [-0.1, -0.05) is 12.1 Å². The van der Waals surface area contributed by atoms with Crippen LogP contribution in [0.5, 0.6) is 0 Å². The van der Waals surface area contributed by atoms with E-state index in [1.165, 1.54) is 0 Å². The number of hydrogen-bond donors (Lipinski definition) is 0. The second-order valence-corrected chi connectivity index (χ2v) is 2.86. The van der Waals surface area contributed by atoms with E-state index in [0.717, 1.165) is 11.1 Å². The van der Waals surface area contributed by atoms with Gasteiger partial charge in [-0.05, 0) is 12.1 Å². The fourth-order valence-electron chi connectivity index (χ4n) is 0.844. The van der Waals surface area contributed by atoms with Crippen molar-refractivity contribution in [3.63, 3.8) is 0 Å². The SMILES string of the molecule is I.Ic1nc2ccccc2o1. The summed E-state index contributed by atoms with van der Waals surface area (Å²) in [5.74, 6) is 0. The van der Waals surface area contributed by atoms with E-state index in [4.69, 9.17) is 4.42 Å². The Morgan fingerprint density at radius 3 is 2.73 bits per heavy atom. The van der Waals surface area contributed by atoms with Crippen LogP contribution in [0, 0.1) is 3.90 Å². The van der Waals surface area contributed by atoms with Gasteiger partial charge in [0.2, 0.25) is 0 Å². The third-order valence-electron chi connectivity index (χ3n) is 1.27. The Kier molecular flexibility index (Phi) is 3.11. The molecule has 2 nitrogen and oxygen atoms in total. The van der Waals surface area contributed by atoms with Gasteiger partial charge in [0, 0.05) is 22.6 Å². The van der Waals surface area contributed by atoms with Gasteiger partial charge in [0.15, 0.2) is 5.58 Å². The lowest BCUT2D eigenvalue weighted by Gasteiger charge is -1.79. The normalized spacial score (nSPS) is 9.55. The number of oxazole rings is 1. The van der Waals surface area contributed by atoms with E-state index < -0.39 is 0 Å². The van der Waals surface area contributed by atoms with E-state index in [0.29, 0.717) is 3.90 Å². The van der Waals surface area contributed by atoms with Crippen molar-refractivity contribution in [1.29, 1.82) is 0 Å². The number of rotatable bonds is 0. The Hall–Kier alpha value is 0.150. The summed E-state index contributed by atoms with van der Waals surface area (Å²) in [6, 6.07) is 7.72. The molecule has 0 aliphatic rings. The lowest BCUT2D eigenvalue weighted by molar-refractivity contribution is 0.566. The zero-order valence-electron chi connectivity index (χ0n) is 5.45. The van der Waals surface area contributed by atoms with Crippen LogP contribution in [0.3, 0.4) is 0 Å². The molecule has 0 saturated heterocycles. The highest BCUT2D eigenvalue weighted by Gasteiger charge is 1.98. The van der Waals surface area contributed by atoms with Crippen molar-refractivity contribution < 1.29 is 4.42 Å². The summed E-state index contributed by atoms with van der Waals surface area (Å²) in [5, 5.41) is 0. The first-order valence-electron chi connectivity index (χ1n) is 2.87. The largest absolute Gasteiger partial charge is 0.432 e. The van der Waals surface area contributed by atoms with Crippen LogP contribution in [0.2, 0.25) is 0 Å². The average Bonchev–Trinajstić information content (AvgIpc) is 2.27. The number of para-hydroxylation sites is 2. The van der Waals surface area contributed by atoms with Gasteiger partial charge in [-0.25, -0.2) is 4.98 Å². The minimum Gasteiger partial charge on any atom is -0.432 e. The molecule has 0 atom stereocenters. The smallest absolute Gasteiger partial charge is 0.258 e. The third kappa shape index (κ3) is 1.84. The van der Waals surface area contributed by atoms with Gasteiger partial charge >= 0.3 is 0 Å². The molecule has 0 aliphatic carbocycles. The van der Waals surface area contributed by atoms with Gasteiger partial charge in [-0.3, -0.25) is 0 Å². The molecule has 2 rings (SSSR count). The molecule has 0 N–H and O–H groups in total. The van der Waals surface area contributed by atoms with E-state index in [1.807, 2.05) is 24.3 Å². The molecule has 58 valence electrons.